The van der Waals surface area contributed by atoms with E-state index in [-0.39, 0.29) is 12.1 Å². The van der Waals surface area contributed by atoms with Gasteiger partial charge in [-0.1, -0.05) is 55.3 Å². The van der Waals surface area contributed by atoms with E-state index in [1.54, 1.807) is 0 Å². The topological polar surface area (TPSA) is 70.4 Å². The number of β-amino-alcohol motifs (C(OH)–C–C–N with tert-alkyl or cyclic N) is 1. The molecule has 1 atom stereocenters. The molecule has 1 aliphatic heterocycles. The molecule has 0 bridgehead atoms. The maximum absolute atomic E-state index is 13.1. The number of nitrogens with zero attached hydrogens (tertiary/aromatic N) is 3. The highest BCUT2D eigenvalue weighted by Crippen LogP contribution is 2.26. The molecule has 1 saturated carbocycles. The van der Waals surface area contributed by atoms with Crippen LogP contribution in [0.5, 0.6) is 0 Å². The third kappa shape index (κ3) is 4.57. The van der Waals surface area contributed by atoms with Crippen LogP contribution in [0, 0.1) is 5.92 Å². The van der Waals surface area contributed by atoms with Gasteiger partial charge in [0.15, 0.2) is 5.82 Å². The molecule has 0 unspecified atom stereocenters. The molecule has 0 amide bonds. The number of rotatable bonds is 7. The lowest BCUT2D eigenvalue weighted by Gasteiger charge is -2.30. The summed E-state index contributed by atoms with van der Waals surface area (Å²) < 4.78 is 1.45. The Morgan fingerprint density at radius 2 is 1.72 bits per heavy atom. The fourth-order valence-corrected chi connectivity index (χ4v) is 5.21. The molecule has 2 aliphatic rings. The molecular formula is C26H32N4O2. The van der Waals surface area contributed by atoms with Gasteiger partial charge in [0, 0.05) is 31.6 Å². The van der Waals surface area contributed by atoms with Crippen molar-refractivity contribution in [2.45, 2.75) is 51.3 Å². The van der Waals surface area contributed by atoms with Gasteiger partial charge in [-0.15, -0.1) is 0 Å². The first-order valence-corrected chi connectivity index (χ1v) is 11.9. The molecule has 2 aromatic carbocycles. The number of aromatic nitrogens is 2. The van der Waals surface area contributed by atoms with Gasteiger partial charge in [-0.3, -0.25) is 9.69 Å². The van der Waals surface area contributed by atoms with Crippen LogP contribution in [-0.2, 0) is 19.5 Å². The zero-order valence-corrected chi connectivity index (χ0v) is 18.5. The number of nitrogens with one attached hydrogen (secondary N) is 1. The number of benzene rings is 2. The Balaban J connectivity index is 1.32. The lowest BCUT2D eigenvalue weighted by atomic mass is 10.00. The van der Waals surface area contributed by atoms with E-state index >= 15 is 0 Å². The number of anilines is 1. The summed E-state index contributed by atoms with van der Waals surface area (Å²) in [6.07, 6.45) is 5.44. The van der Waals surface area contributed by atoms with Gasteiger partial charge >= 0.3 is 0 Å². The predicted octanol–water partition coefficient (Wildman–Crippen LogP) is 3.42. The quantitative estimate of drug-likeness (QED) is 0.599. The molecular weight excluding hydrogens is 400 g/mol. The van der Waals surface area contributed by atoms with Crippen molar-refractivity contribution in [1.82, 2.24) is 14.7 Å². The SMILES string of the molecule is O=c1c2ccccc2c(NCC2CCCC2)nn1C[C@H](O)CN1CCc2ccccc2C1. The van der Waals surface area contributed by atoms with Gasteiger partial charge in [0.05, 0.1) is 18.0 Å². The van der Waals surface area contributed by atoms with Crippen LogP contribution >= 0.6 is 0 Å². The Kier molecular flexibility index (Phi) is 6.23. The smallest absolute Gasteiger partial charge is 0.274 e. The molecule has 0 spiro atoms. The summed E-state index contributed by atoms with van der Waals surface area (Å²) in [6.45, 7) is 3.36. The van der Waals surface area contributed by atoms with Crippen LogP contribution in [0.3, 0.4) is 0 Å². The summed E-state index contributed by atoms with van der Waals surface area (Å²) in [5.41, 5.74) is 2.57. The molecule has 0 saturated heterocycles. The van der Waals surface area contributed by atoms with E-state index in [2.05, 4.69) is 39.6 Å². The highest BCUT2D eigenvalue weighted by Gasteiger charge is 2.21. The minimum atomic E-state index is -0.658. The van der Waals surface area contributed by atoms with Crippen LogP contribution in [0.2, 0.25) is 0 Å². The van der Waals surface area contributed by atoms with Crippen molar-refractivity contribution in [3.05, 3.63) is 70.0 Å². The van der Waals surface area contributed by atoms with Crippen molar-refractivity contribution in [3.8, 4) is 0 Å². The minimum absolute atomic E-state index is 0.143. The summed E-state index contributed by atoms with van der Waals surface area (Å²) in [7, 11) is 0. The van der Waals surface area contributed by atoms with Crippen LogP contribution in [-0.4, -0.2) is 45.5 Å². The van der Waals surface area contributed by atoms with Gasteiger partial charge in [-0.25, -0.2) is 4.68 Å². The van der Waals surface area contributed by atoms with Crippen LogP contribution in [0.25, 0.3) is 10.8 Å². The third-order valence-corrected chi connectivity index (χ3v) is 6.96. The second-order valence-corrected chi connectivity index (χ2v) is 9.32. The van der Waals surface area contributed by atoms with Crippen LogP contribution in [0.4, 0.5) is 5.82 Å². The molecule has 2 N–H and O–H groups in total. The third-order valence-electron chi connectivity index (χ3n) is 6.96. The molecule has 168 valence electrons. The van der Waals surface area contributed by atoms with Crippen molar-refractivity contribution in [2.24, 2.45) is 5.92 Å². The number of aliphatic hydroxyl groups is 1. The highest BCUT2D eigenvalue weighted by molar-refractivity contribution is 5.90. The maximum atomic E-state index is 13.1. The Morgan fingerprint density at radius 3 is 2.53 bits per heavy atom. The van der Waals surface area contributed by atoms with Gasteiger partial charge in [-0.2, -0.15) is 5.10 Å². The van der Waals surface area contributed by atoms with E-state index < -0.39 is 6.10 Å². The molecule has 2 heterocycles. The zero-order valence-electron chi connectivity index (χ0n) is 18.5. The first-order chi connectivity index (χ1) is 15.7. The van der Waals surface area contributed by atoms with Crippen molar-refractivity contribution >= 4 is 16.6 Å². The molecule has 1 aromatic heterocycles. The normalized spacial score (nSPS) is 18.0. The lowest BCUT2D eigenvalue weighted by Crippen LogP contribution is -2.40. The van der Waals surface area contributed by atoms with Crippen molar-refractivity contribution < 1.29 is 5.11 Å². The largest absolute Gasteiger partial charge is 0.390 e. The van der Waals surface area contributed by atoms with Crippen LogP contribution in [0.1, 0.15) is 36.8 Å². The lowest BCUT2D eigenvalue weighted by molar-refractivity contribution is 0.0879. The van der Waals surface area contributed by atoms with E-state index in [4.69, 9.17) is 0 Å². The Bertz CT molecular complexity index is 1140. The van der Waals surface area contributed by atoms with Gasteiger partial charge in [0.25, 0.3) is 5.56 Å². The fraction of sp³-hybridized carbons (Fsp3) is 0.462. The van der Waals surface area contributed by atoms with Gasteiger partial charge in [0.1, 0.15) is 0 Å². The first-order valence-electron chi connectivity index (χ1n) is 11.9. The first kappa shape index (κ1) is 21.2. The summed E-state index contributed by atoms with van der Waals surface area (Å²) >= 11 is 0. The number of hydrogen-bond donors (Lipinski definition) is 2. The van der Waals surface area contributed by atoms with E-state index in [9.17, 15) is 9.90 Å². The van der Waals surface area contributed by atoms with Crippen molar-refractivity contribution in [2.75, 3.05) is 25.0 Å². The standard InChI is InChI=1S/C26H32N4O2/c31-22(17-29-14-13-20-9-3-4-10-21(20)16-29)18-30-26(32)24-12-6-5-11-23(24)25(28-30)27-15-19-7-1-2-8-19/h3-6,9-12,19,22,31H,1-2,7-8,13-18H2,(H,27,28)/t22-/m1/s1. The number of aliphatic hydroxyl groups excluding tert-OH is 1. The van der Waals surface area contributed by atoms with Gasteiger partial charge in [0.2, 0.25) is 0 Å². The van der Waals surface area contributed by atoms with E-state index in [0.717, 1.165) is 37.3 Å². The van der Waals surface area contributed by atoms with Crippen LogP contribution in [0.15, 0.2) is 53.3 Å². The Labute approximate surface area is 188 Å². The summed E-state index contributed by atoms with van der Waals surface area (Å²) in [5, 5.41) is 20.5. The van der Waals surface area contributed by atoms with Gasteiger partial charge < -0.3 is 10.4 Å². The van der Waals surface area contributed by atoms with E-state index in [0.29, 0.717) is 17.8 Å². The minimum Gasteiger partial charge on any atom is -0.390 e. The molecule has 5 rings (SSSR count). The summed E-state index contributed by atoms with van der Waals surface area (Å²) in [6, 6.07) is 16.1. The molecule has 0 radical (unpaired) electrons. The number of hydrogen-bond acceptors (Lipinski definition) is 5. The summed E-state index contributed by atoms with van der Waals surface area (Å²) in [4.78, 5) is 15.3. The highest BCUT2D eigenvalue weighted by atomic mass is 16.3. The van der Waals surface area contributed by atoms with E-state index in [1.807, 2.05) is 24.3 Å². The molecule has 3 aromatic rings. The molecule has 6 nitrogen and oxygen atoms in total. The number of fused-ring (bicyclic) bond motifs is 2. The Hall–Kier alpha value is -2.70. The average Bonchev–Trinajstić information content (AvgIpc) is 3.34. The van der Waals surface area contributed by atoms with Crippen molar-refractivity contribution in [3.63, 3.8) is 0 Å². The second kappa shape index (κ2) is 9.43. The average molecular weight is 433 g/mol. The predicted molar refractivity (Wildman–Crippen MR) is 128 cm³/mol. The molecule has 32 heavy (non-hydrogen) atoms. The van der Waals surface area contributed by atoms with Gasteiger partial charge in [-0.05, 0) is 42.4 Å². The van der Waals surface area contributed by atoms with E-state index in [1.165, 1.54) is 41.5 Å². The monoisotopic (exact) mass is 432 g/mol. The zero-order chi connectivity index (χ0) is 21.9. The second-order valence-electron chi connectivity index (χ2n) is 9.32. The fourth-order valence-electron chi connectivity index (χ4n) is 5.21. The summed E-state index contributed by atoms with van der Waals surface area (Å²) in [5.74, 6) is 1.41. The Morgan fingerprint density at radius 1 is 1.00 bits per heavy atom. The van der Waals surface area contributed by atoms with Crippen LogP contribution < -0.4 is 10.9 Å². The molecule has 6 heteroatoms. The van der Waals surface area contributed by atoms with Crippen molar-refractivity contribution in [1.29, 1.82) is 0 Å². The maximum Gasteiger partial charge on any atom is 0.274 e. The molecule has 1 aliphatic carbocycles. The molecule has 1 fully saturated rings.